The standard InChI is InChI=1S/C14H16F3N3O2S/c1-9-6-11(22-20-9)13(2-4-21-5-3-13)18-7-10-8-23-12(19-10)14(15,16)17/h6,8,18H,2-5,7H2,1H3. The van der Waals surface area contributed by atoms with Crippen LogP contribution in [0.5, 0.6) is 0 Å². The predicted molar refractivity (Wildman–Crippen MR) is 76.9 cm³/mol. The first-order valence-corrected chi connectivity index (χ1v) is 8.05. The van der Waals surface area contributed by atoms with E-state index >= 15 is 0 Å². The Morgan fingerprint density at radius 3 is 2.65 bits per heavy atom. The van der Waals surface area contributed by atoms with Crippen LogP contribution >= 0.6 is 11.3 Å². The van der Waals surface area contributed by atoms with E-state index in [1.165, 1.54) is 5.38 Å². The second-order valence-electron chi connectivity index (χ2n) is 5.52. The van der Waals surface area contributed by atoms with E-state index in [1.807, 2.05) is 13.0 Å². The Kier molecular flexibility index (Phi) is 4.43. The number of hydrogen-bond donors (Lipinski definition) is 1. The summed E-state index contributed by atoms with van der Waals surface area (Å²) in [6, 6.07) is 1.85. The van der Waals surface area contributed by atoms with Crippen molar-refractivity contribution in [1.29, 1.82) is 0 Å². The van der Waals surface area contributed by atoms with Crippen LogP contribution < -0.4 is 5.32 Å². The van der Waals surface area contributed by atoms with E-state index in [9.17, 15) is 13.2 Å². The first kappa shape index (κ1) is 16.4. The molecule has 1 aliphatic heterocycles. The molecule has 3 rings (SSSR count). The number of ether oxygens (including phenoxy) is 1. The number of alkyl halides is 3. The molecular weight excluding hydrogens is 331 g/mol. The van der Waals surface area contributed by atoms with Gasteiger partial charge < -0.3 is 9.26 Å². The zero-order valence-electron chi connectivity index (χ0n) is 12.4. The van der Waals surface area contributed by atoms with E-state index in [2.05, 4.69) is 15.5 Å². The summed E-state index contributed by atoms with van der Waals surface area (Å²) in [6.45, 7) is 3.16. The summed E-state index contributed by atoms with van der Waals surface area (Å²) in [5.41, 5.74) is 0.645. The average molecular weight is 347 g/mol. The van der Waals surface area contributed by atoms with Gasteiger partial charge in [-0.25, -0.2) is 4.98 Å². The average Bonchev–Trinajstić information content (AvgIpc) is 3.15. The summed E-state index contributed by atoms with van der Waals surface area (Å²) in [5.74, 6) is 0.685. The minimum absolute atomic E-state index is 0.228. The first-order valence-electron chi connectivity index (χ1n) is 7.17. The topological polar surface area (TPSA) is 60.2 Å². The zero-order valence-corrected chi connectivity index (χ0v) is 13.3. The van der Waals surface area contributed by atoms with Crippen LogP contribution in [0.1, 0.15) is 35.0 Å². The highest BCUT2D eigenvalue weighted by Gasteiger charge is 2.38. The van der Waals surface area contributed by atoms with Gasteiger partial charge >= 0.3 is 6.18 Å². The first-order chi connectivity index (χ1) is 10.9. The molecule has 1 aliphatic rings. The number of aromatic nitrogens is 2. The Morgan fingerprint density at radius 2 is 2.09 bits per heavy atom. The van der Waals surface area contributed by atoms with Crippen molar-refractivity contribution in [2.45, 2.75) is 38.0 Å². The Morgan fingerprint density at radius 1 is 1.35 bits per heavy atom. The number of hydrogen-bond acceptors (Lipinski definition) is 6. The van der Waals surface area contributed by atoms with Crippen molar-refractivity contribution in [2.75, 3.05) is 13.2 Å². The van der Waals surface area contributed by atoms with Gasteiger partial charge in [-0.15, -0.1) is 11.3 Å². The molecule has 0 atom stereocenters. The maximum absolute atomic E-state index is 12.6. The van der Waals surface area contributed by atoms with Crippen LogP contribution in [0.2, 0.25) is 0 Å². The minimum Gasteiger partial charge on any atom is -0.381 e. The summed E-state index contributed by atoms with van der Waals surface area (Å²) in [4.78, 5) is 3.65. The van der Waals surface area contributed by atoms with Gasteiger partial charge in [-0.05, 0) is 19.8 Å². The molecule has 23 heavy (non-hydrogen) atoms. The molecule has 9 heteroatoms. The van der Waals surface area contributed by atoms with Gasteiger partial charge in [0.2, 0.25) is 0 Å². The third-order valence-corrected chi connectivity index (χ3v) is 4.78. The Balaban J connectivity index is 1.76. The van der Waals surface area contributed by atoms with Crippen molar-refractivity contribution < 1.29 is 22.4 Å². The summed E-state index contributed by atoms with van der Waals surface area (Å²) < 4.78 is 48.7. The summed E-state index contributed by atoms with van der Waals surface area (Å²) in [5, 5.41) is 7.82. The van der Waals surface area contributed by atoms with E-state index in [4.69, 9.17) is 9.26 Å². The predicted octanol–water partition coefficient (Wildman–Crippen LogP) is 3.25. The Hall–Kier alpha value is -1.45. The molecule has 126 valence electrons. The normalized spacial score (nSPS) is 18.3. The van der Waals surface area contributed by atoms with Crippen LogP contribution in [0, 0.1) is 6.92 Å². The quantitative estimate of drug-likeness (QED) is 0.920. The van der Waals surface area contributed by atoms with Gasteiger partial charge in [0, 0.05) is 31.2 Å². The molecule has 1 fully saturated rings. The highest BCUT2D eigenvalue weighted by Crippen LogP contribution is 2.34. The lowest BCUT2D eigenvalue weighted by molar-refractivity contribution is -0.137. The zero-order chi connectivity index (χ0) is 16.5. The third kappa shape index (κ3) is 3.56. The monoisotopic (exact) mass is 347 g/mol. The minimum atomic E-state index is -4.40. The highest BCUT2D eigenvalue weighted by atomic mass is 32.1. The number of rotatable bonds is 4. The summed E-state index contributed by atoms with van der Waals surface area (Å²) >= 11 is 0.605. The van der Waals surface area contributed by atoms with E-state index in [0.717, 1.165) is 5.69 Å². The fourth-order valence-electron chi connectivity index (χ4n) is 2.60. The number of thiazole rings is 1. The van der Waals surface area contributed by atoms with Gasteiger partial charge in [0.1, 0.15) is 0 Å². The van der Waals surface area contributed by atoms with E-state index in [0.29, 0.717) is 48.8 Å². The van der Waals surface area contributed by atoms with Crippen molar-refractivity contribution in [3.05, 3.63) is 33.6 Å². The molecule has 1 N–H and O–H groups in total. The fraction of sp³-hybridized carbons (Fsp3) is 0.571. The molecule has 0 radical (unpaired) electrons. The van der Waals surface area contributed by atoms with Crippen LogP contribution in [0.15, 0.2) is 16.0 Å². The molecule has 0 aromatic carbocycles. The Labute approximate surface area is 134 Å². The van der Waals surface area contributed by atoms with Crippen molar-refractivity contribution >= 4 is 11.3 Å². The molecule has 0 aliphatic carbocycles. The molecule has 5 nitrogen and oxygen atoms in total. The van der Waals surface area contributed by atoms with Gasteiger partial charge in [-0.2, -0.15) is 13.2 Å². The fourth-order valence-corrected chi connectivity index (χ4v) is 3.28. The molecule has 0 saturated carbocycles. The van der Waals surface area contributed by atoms with Crippen LogP contribution in [0.3, 0.4) is 0 Å². The largest absolute Gasteiger partial charge is 0.443 e. The van der Waals surface area contributed by atoms with E-state index in [1.54, 1.807) is 0 Å². The van der Waals surface area contributed by atoms with Crippen molar-refractivity contribution in [1.82, 2.24) is 15.5 Å². The lowest BCUT2D eigenvalue weighted by Gasteiger charge is -2.35. The molecule has 0 unspecified atom stereocenters. The maximum Gasteiger partial charge on any atom is 0.443 e. The Bertz CT molecular complexity index is 662. The van der Waals surface area contributed by atoms with Crippen LogP contribution in [0.4, 0.5) is 13.2 Å². The van der Waals surface area contributed by atoms with Crippen LogP contribution in [0.25, 0.3) is 0 Å². The SMILES string of the molecule is Cc1cc(C2(NCc3csc(C(F)(F)F)n3)CCOCC2)on1. The molecule has 0 amide bonds. The maximum atomic E-state index is 12.6. The third-order valence-electron chi connectivity index (χ3n) is 3.85. The van der Waals surface area contributed by atoms with E-state index in [-0.39, 0.29) is 6.54 Å². The highest BCUT2D eigenvalue weighted by molar-refractivity contribution is 7.09. The van der Waals surface area contributed by atoms with Gasteiger partial charge in [-0.3, -0.25) is 5.32 Å². The summed E-state index contributed by atoms with van der Waals surface area (Å²) in [7, 11) is 0. The number of aryl methyl sites for hydroxylation is 1. The smallest absolute Gasteiger partial charge is 0.381 e. The van der Waals surface area contributed by atoms with Crippen molar-refractivity contribution in [3.8, 4) is 0 Å². The number of halogens is 3. The van der Waals surface area contributed by atoms with Gasteiger partial charge in [0.05, 0.1) is 16.9 Å². The number of nitrogens with one attached hydrogen (secondary N) is 1. The van der Waals surface area contributed by atoms with Crippen molar-refractivity contribution in [3.63, 3.8) is 0 Å². The van der Waals surface area contributed by atoms with Crippen LogP contribution in [-0.2, 0) is 23.0 Å². The second-order valence-corrected chi connectivity index (χ2v) is 6.38. The second kappa shape index (κ2) is 6.21. The van der Waals surface area contributed by atoms with E-state index < -0.39 is 16.7 Å². The van der Waals surface area contributed by atoms with Gasteiger partial charge in [0.15, 0.2) is 10.8 Å². The lowest BCUT2D eigenvalue weighted by atomic mass is 9.87. The van der Waals surface area contributed by atoms with Crippen LogP contribution in [-0.4, -0.2) is 23.4 Å². The van der Waals surface area contributed by atoms with Gasteiger partial charge in [-0.1, -0.05) is 5.16 Å². The molecular formula is C14H16F3N3O2S. The molecule has 0 spiro atoms. The molecule has 2 aromatic heterocycles. The molecule has 3 heterocycles. The molecule has 0 bridgehead atoms. The number of nitrogens with zero attached hydrogens (tertiary/aromatic N) is 2. The lowest BCUT2D eigenvalue weighted by Crippen LogP contribution is -2.46. The summed E-state index contributed by atoms with van der Waals surface area (Å²) in [6.07, 6.45) is -3.07. The molecule has 1 saturated heterocycles. The molecule has 2 aromatic rings. The van der Waals surface area contributed by atoms with Gasteiger partial charge in [0.25, 0.3) is 0 Å². The van der Waals surface area contributed by atoms with Crippen molar-refractivity contribution in [2.24, 2.45) is 0 Å².